The number of hydrogen-bond acceptors (Lipinski definition) is 3. The van der Waals surface area contributed by atoms with Crippen molar-refractivity contribution in [2.45, 2.75) is 19.2 Å². The molecule has 0 spiro atoms. The number of alkyl halides is 1. The maximum atomic E-state index is 6.02. The largest absolute Gasteiger partial charge is 0.494 e. The quantitative estimate of drug-likeness (QED) is 0.670. The Bertz CT molecular complexity index is 737. The van der Waals surface area contributed by atoms with Gasteiger partial charge in [0.2, 0.25) is 0 Å². The van der Waals surface area contributed by atoms with Gasteiger partial charge in [-0.2, -0.15) is 0 Å². The first-order valence-corrected chi connectivity index (χ1v) is 7.47. The van der Waals surface area contributed by atoms with Crippen LogP contribution in [0.3, 0.4) is 0 Å². The number of halogens is 1. The fourth-order valence-electron chi connectivity index (χ4n) is 2.27. The monoisotopic (exact) mass is 301 g/mol. The molecule has 2 heterocycles. The van der Waals surface area contributed by atoms with Crippen LogP contribution in [0.5, 0.6) is 5.75 Å². The van der Waals surface area contributed by atoms with Crippen LogP contribution in [0.4, 0.5) is 0 Å². The van der Waals surface area contributed by atoms with Gasteiger partial charge in [0.25, 0.3) is 0 Å². The van der Waals surface area contributed by atoms with Gasteiger partial charge in [-0.1, -0.05) is 6.92 Å². The molecule has 0 bridgehead atoms. The van der Waals surface area contributed by atoms with Gasteiger partial charge >= 0.3 is 0 Å². The van der Waals surface area contributed by atoms with E-state index in [1.807, 2.05) is 34.9 Å². The lowest BCUT2D eigenvalue weighted by Gasteiger charge is -2.09. The highest BCUT2D eigenvalue weighted by molar-refractivity contribution is 6.17. The first kappa shape index (κ1) is 13.9. The van der Waals surface area contributed by atoms with Crippen molar-refractivity contribution < 1.29 is 4.74 Å². The molecule has 0 fully saturated rings. The number of hydrogen-bond donors (Lipinski definition) is 0. The van der Waals surface area contributed by atoms with Crippen LogP contribution in [0.2, 0.25) is 0 Å². The molecule has 3 aromatic rings. The van der Waals surface area contributed by atoms with Crippen LogP contribution in [0.1, 0.15) is 19.2 Å². The van der Waals surface area contributed by atoms with E-state index in [2.05, 4.69) is 16.9 Å². The molecule has 0 N–H and O–H groups in total. The first-order valence-electron chi connectivity index (χ1n) is 6.94. The van der Waals surface area contributed by atoms with Gasteiger partial charge in [-0.25, -0.2) is 4.98 Å². The highest BCUT2D eigenvalue weighted by Crippen LogP contribution is 2.23. The third-order valence-corrected chi connectivity index (χ3v) is 3.45. The summed E-state index contributed by atoms with van der Waals surface area (Å²) in [6, 6.07) is 9.91. The summed E-state index contributed by atoms with van der Waals surface area (Å²) in [5, 5.41) is 0. The lowest BCUT2D eigenvalue weighted by Crippen LogP contribution is -2.00. The number of benzene rings is 1. The van der Waals surface area contributed by atoms with Crippen molar-refractivity contribution in [3.8, 4) is 11.4 Å². The van der Waals surface area contributed by atoms with E-state index in [9.17, 15) is 0 Å². The number of ether oxygens (including phenoxy) is 1. The Morgan fingerprint density at radius 3 is 2.71 bits per heavy atom. The molecule has 0 aliphatic carbocycles. The lowest BCUT2D eigenvalue weighted by molar-refractivity contribution is 0.317. The summed E-state index contributed by atoms with van der Waals surface area (Å²) in [6.45, 7) is 2.82. The number of aromatic nitrogens is 3. The molecule has 0 aliphatic heterocycles. The Morgan fingerprint density at radius 1 is 1.19 bits per heavy atom. The molecule has 5 heteroatoms. The summed E-state index contributed by atoms with van der Waals surface area (Å²) in [7, 11) is 0. The van der Waals surface area contributed by atoms with E-state index in [1.165, 1.54) is 0 Å². The van der Waals surface area contributed by atoms with Crippen LogP contribution in [0, 0.1) is 0 Å². The molecule has 0 aliphatic rings. The van der Waals surface area contributed by atoms with Crippen molar-refractivity contribution >= 4 is 22.6 Å². The molecule has 0 atom stereocenters. The number of fused-ring (bicyclic) bond motifs is 1. The van der Waals surface area contributed by atoms with E-state index in [4.69, 9.17) is 16.3 Å². The van der Waals surface area contributed by atoms with Crippen LogP contribution in [-0.4, -0.2) is 21.1 Å². The van der Waals surface area contributed by atoms with Crippen LogP contribution < -0.4 is 4.74 Å². The summed E-state index contributed by atoms with van der Waals surface area (Å²) in [6.07, 6.45) is 4.51. The van der Waals surface area contributed by atoms with E-state index in [1.54, 1.807) is 12.4 Å². The minimum atomic E-state index is 0.350. The average molecular weight is 302 g/mol. The van der Waals surface area contributed by atoms with Crippen molar-refractivity contribution in [3.05, 3.63) is 48.5 Å². The zero-order valence-corrected chi connectivity index (χ0v) is 12.5. The second-order valence-corrected chi connectivity index (χ2v) is 4.97. The van der Waals surface area contributed by atoms with Gasteiger partial charge in [0, 0.05) is 11.9 Å². The van der Waals surface area contributed by atoms with E-state index >= 15 is 0 Å². The second-order valence-electron chi connectivity index (χ2n) is 4.70. The number of imidazole rings is 1. The van der Waals surface area contributed by atoms with Gasteiger partial charge in [-0.3, -0.25) is 9.55 Å². The molecule has 3 rings (SSSR count). The van der Waals surface area contributed by atoms with Crippen molar-refractivity contribution in [2.75, 3.05) is 6.61 Å². The predicted octanol–water partition coefficient (Wildman–Crippen LogP) is 3.95. The summed E-state index contributed by atoms with van der Waals surface area (Å²) < 4.78 is 7.66. The van der Waals surface area contributed by atoms with E-state index in [0.717, 1.165) is 41.3 Å². The third-order valence-electron chi connectivity index (χ3n) is 3.21. The van der Waals surface area contributed by atoms with Crippen molar-refractivity contribution in [1.29, 1.82) is 0 Å². The molecule has 21 heavy (non-hydrogen) atoms. The normalized spacial score (nSPS) is 11.0. The maximum absolute atomic E-state index is 6.02. The zero-order chi connectivity index (χ0) is 14.7. The molecule has 0 saturated heterocycles. The van der Waals surface area contributed by atoms with E-state index in [0.29, 0.717) is 5.88 Å². The molecule has 2 aromatic heterocycles. The van der Waals surface area contributed by atoms with Crippen LogP contribution in [-0.2, 0) is 5.88 Å². The minimum absolute atomic E-state index is 0.350. The van der Waals surface area contributed by atoms with Gasteiger partial charge in [0.1, 0.15) is 17.1 Å². The number of rotatable bonds is 5. The standard InChI is InChI=1S/C16H16ClN3O/c1-2-9-21-13-5-3-12(4-6-13)20-15-7-8-18-11-14(15)19-16(20)10-17/h3-8,11H,2,9-10H2,1H3. The number of nitrogens with zero attached hydrogens (tertiary/aromatic N) is 3. The van der Waals surface area contributed by atoms with Crippen molar-refractivity contribution in [2.24, 2.45) is 0 Å². The fourth-order valence-corrected chi connectivity index (χ4v) is 2.45. The summed E-state index contributed by atoms with van der Waals surface area (Å²) in [4.78, 5) is 8.62. The molecular formula is C16H16ClN3O. The van der Waals surface area contributed by atoms with Crippen molar-refractivity contribution in [1.82, 2.24) is 14.5 Å². The van der Waals surface area contributed by atoms with Crippen molar-refractivity contribution in [3.63, 3.8) is 0 Å². The zero-order valence-electron chi connectivity index (χ0n) is 11.8. The molecule has 0 amide bonds. The Hall–Kier alpha value is -2.07. The first-order chi connectivity index (χ1) is 10.3. The average Bonchev–Trinajstić information content (AvgIpc) is 2.92. The summed E-state index contributed by atoms with van der Waals surface area (Å²) in [5.41, 5.74) is 2.87. The molecule has 0 radical (unpaired) electrons. The van der Waals surface area contributed by atoms with E-state index < -0.39 is 0 Å². The highest BCUT2D eigenvalue weighted by atomic mass is 35.5. The maximum Gasteiger partial charge on any atom is 0.129 e. The smallest absolute Gasteiger partial charge is 0.129 e. The lowest BCUT2D eigenvalue weighted by atomic mass is 10.3. The Balaban J connectivity index is 2.03. The molecule has 1 aromatic carbocycles. The molecular weight excluding hydrogens is 286 g/mol. The van der Waals surface area contributed by atoms with Gasteiger partial charge in [-0.05, 0) is 36.8 Å². The van der Waals surface area contributed by atoms with Gasteiger partial charge < -0.3 is 4.74 Å². The Labute approximate surface area is 128 Å². The van der Waals surface area contributed by atoms with E-state index in [-0.39, 0.29) is 0 Å². The topological polar surface area (TPSA) is 39.9 Å². The van der Waals surface area contributed by atoms with Crippen LogP contribution >= 0.6 is 11.6 Å². The Kier molecular flexibility index (Phi) is 4.06. The SMILES string of the molecule is CCCOc1ccc(-n2c(CCl)nc3cnccc32)cc1. The second kappa shape index (κ2) is 6.14. The molecule has 0 unspecified atom stereocenters. The third kappa shape index (κ3) is 2.72. The van der Waals surface area contributed by atoms with Gasteiger partial charge in [0.05, 0.1) is 24.2 Å². The fraction of sp³-hybridized carbons (Fsp3) is 0.250. The van der Waals surface area contributed by atoms with Gasteiger partial charge in [-0.15, -0.1) is 11.6 Å². The van der Waals surface area contributed by atoms with Crippen LogP contribution in [0.25, 0.3) is 16.7 Å². The highest BCUT2D eigenvalue weighted by Gasteiger charge is 2.11. The Morgan fingerprint density at radius 2 is 2.00 bits per heavy atom. The molecule has 0 saturated carbocycles. The van der Waals surface area contributed by atoms with Crippen LogP contribution in [0.15, 0.2) is 42.7 Å². The number of pyridine rings is 1. The predicted molar refractivity (Wildman–Crippen MR) is 84.2 cm³/mol. The van der Waals surface area contributed by atoms with Gasteiger partial charge in [0.15, 0.2) is 0 Å². The summed E-state index contributed by atoms with van der Waals surface area (Å²) >= 11 is 6.02. The molecule has 108 valence electrons. The minimum Gasteiger partial charge on any atom is -0.494 e. The summed E-state index contributed by atoms with van der Waals surface area (Å²) in [5.74, 6) is 2.03. The molecule has 4 nitrogen and oxygen atoms in total.